The molecule has 1 aromatic carbocycles. The van der Waals surface area contributed by atoms with Gasteiger partial charge in [-0.05, 0) is 24.3 Å². The van der Waals surface area contributed by atoms with Gasteiger partial charge in [0.2, 0.25) is 0 Å². The van der Waals surface area contributed by atoms with E-state index in [1.54, 1.807) is 18.3 Å². The van der Waals surface area contributed by atoms with E-state index in [2.05, 4.69) is 20.4 Å². The summed E-state index contributed by atoms with van der Waals surface area (Å²) in [5.74, 6) is 0.360. The maximum Gasteiger partial charge on any atom is 0.307 e. The molecule has 0 aliphatic carbocycles. The minimum Gasteiger partial charge on any atom is -0.469 e. The number of anilines is 1. The molecule has 0 aliphatic rings. The van der Waals surface area contributed by atoms with Gasteiger partial charge in [0.05, 0.1) is 20.1 Å². The zero-order chi connectivity index (χ0) is 16.7. The minimum atomic E-state index is -0.348. The van der Waals surface area contributed by atoms with Gasteiger partial charge in [-0.2, -0.15) is 0 Å². The fraction of sp³-hybridized carbons (Fsp3) is 0.312. The molecular weight excluding hydrogens is 296 g/mol. The highest BCUT2D eigenvalue weighted by Crippen LogP contribution is 2.10. The molecule has 1 heterocycles. The maximum absolute atomic E-state index is 11.9. The van der Waals surface area contributed by atoms with Crippen molar-refractivity contribution >= 4 is 17.6 Å². The van der Waals surface area contributed by atoms with Crippen molar-refractivity contribution in [3.8, 4) is 0 Å². The van der Waals surface area contributed by atoms with Gasteiger partial charge >= 0.3 is 5.97 Å². The zero-order valence-corrected chi connectivity index (χ0v) is 13.2. The van der Waals surface area contributed by atoms with Crippen molar-refractivity contribution in [1.82, 2.24) is 14.9 Å². The molecule has 0 atom stereocenters. The van der Waals surface area contributed by atoms with Crippen LogP contribution in [-0.2, 0) is 23.1 Å². The Kier molecular flexibility index (Phi) is 5.74. The average Bonchev–Trinajstić information content (AvgIpc) is 2.98. The molecular formula is C16H20N4O3. The van der Waals surface area contributed by atoms with E-state index in [9.17, 15) is 9.59 Å². The summed E-state index contributed by atoms with van der Waals surface area (Å²) in [5.41, 5.74) is 1.44. The van der Waals surface area contributed by atoms with Crippen molar-refractivity contribution in [3.63, 3.8) is 0 Å². The monoisotopic (exact) mass is 316 g/mol. The summed E-state index contributed by atoms with van der Waals surface area (Å²) in [6.07, 6.45) is 3.79. The molecule has 1 aromatic heterocycles. The molecule has 2 aromatic rings. The topological polar surface area (TPSA) is 85.2 Å². The summed E-state index contributed by atoms with van der Waals surface area (Å²) < 4.78 is 6.45. The number of amides is 1. The molecule has 2 rings (SSSR count). The Bertz CT molecular complexity index is 664. The number of imidazole rings is 1. The molecule has 0 aliphatic heterocycles. The van der Waals surface area contributed by atoms with Crippen LogP contribution >= 0.6 is 0 Å². The molecule has 0 bridgehead atoms. The van der Waals surface area contributed by atoms with Crippen LogP contribution in [0, 0.1) is 0 Å². The highest BCUT2D eigenvalue weighted by Gasteiger charge is 2.07. The number of hydrogen-bond acceptors (Lipinski definition) is 5. The summed E-state index contributed by atoms with van der Waals surface area (Å²) in [4.78, 5) is 27.1. The molecule has 2 N–H and O–H groups in total. The number of esters is 1. The Morgan fingerprint density at radius 3 is 2.61 bits per heavy atom. The molecule has 23 heavy (non-hydrogen) atoms. The van der Waals surface area contributed by atoms with Gasteiger partial charge in [0, 0.05) is 37.2 Å². The van der Waals surface area contributed by atoms with E-state index in [0.29, 0.717) is 12.1 Å². The lowest BCUT2D eigenvalue weighted by Gasteiger charge is -2.08. The van der Waals surface area contributed by atoms with Crippen LogP contribution in [0.3, 0.4) is 0 Å². The van der Waals surface area contributed by atoms with Crippen LogP contribution in [0.25, 0.3) is 0 Å². The Hall–Kier alpha value is -2.83. The Labute approximate surface area is 134 Å². The van der Waals surface area contributed by atoms with E-state index in [0.717, 1.165) is 11.5 Å². The number of aryl methyl sites for hydroxylation is 1. The van der Waals surface area contributed by atoms with Gasteiger partial charge in [0.1, 0.15) is 5.82 Å². The smallest absolute Gasteiger partial charge is 0.307 e. The SMILES string of the molecule is COC(=O)CCNC(=O)c1ccc(NCc2nccn2C)cc1. The second-order valence-electron chi connectivity index (χ2n) is 4.97. The fourth-order valence-corrected chi connectivity index (χ4v) is 1.97. The van der Waals surface area contributed by atoms with Crippen molar-refractivity contribution in [2.45, 2.75) is 13.0 Å². The summed E-state index contributed by atoms with van der Waals surface area (Å²) in [5, 5.41) is 5.92. The van der Waals surface area contributed by atoms with Gasteiger partial charge in [0.25, 0.3) is 5.91 Å². The van der Waals surface area contributed by atoms with Crippen LogP contribution in [0.15, 0.2) is 36.7 Å². The quantitative estimate of drug-likeness (QED) is 0.753. The van der Waals surface area contributed by atoms with Gasteiger partial charge in [0.15, 0.2) is 0 Å². The predicted molar refractivity (Wildman–Crippen MR) is 85.9 cm³/mol. The number of hydrogen-bond donors (Lipinski definition) is 2. The molecule has 0 spiro atoms. The highest BCUT2D eigenvalue weighted by atomic mass is 16.5. The number of nitrogens with zero attached hydrogens (tertiary/aromatic N) is 2. The van der Waals surface area contributed by atoms with Crippen molar-refractivity contribution in [1.29, 1.82) is 0 Å². The second kappa shape index (κ2) is 7.98. The van der Waals surface area contributed by atoms with Crippen LogP contribution in [0.4, 0.5) is 5.69 Å². The second-order valence-corrected chi connectivity index (χ2v) is 4.97. The fourth-order valence-electron chi connectivity index (χ4n) is 1.97. The van der Waals surface area contributed by atoms with Gasteiger partial charge in [-0.3, -0.25) is 9.59 Å². The summed E-state index contributed by atoms with van der Waals surface area (Å²) >= 11 is 0. The van der Waals surface area contributed by atoms with Crippen molar-refractivity contribution in [2.24, 2.45) is 7.05 Å². The first-order valence-electron chi connectivity index (χ1n) is 7.25. The summed E-state index contributed by atoms with van der Waals surface area (Å²) in [6.45, 7) is 0.860. The lowest BCUT2D eigenvalue weighted by Crippen LogP contribution is -2.26. The lowest BCUT2D eigenvalue weighted by atomic mass is 10.2. The normalized spacial score (nSPS) is 10.2. The molecule has 0 saturated heterocycles. The number of carbonyl (C=O) groups excluding carboxylic acids is 2. The highest BCUT2D eigenvalue weighted by molar-refractivity contribution is 5.94. The van der Waals surface area contributed by atoms with Crippen molar-refractivity contribution in [3.05, 3.63) is 48.0 Å². The van der Waals surface area contributed by atoms with E-state index < -0.39 is 0 Å². The van der Waals surface area contributed by atoms with Gasteiger partial charge in [-0.25, -0.2) is 4.98 Å². The Balaban J connectivity index is 1.82. The number of carbonyl (C=O) groups is 2. The third-order valence-electron chi connectivity index (χ3n) is 3.36. The van der Waals surface area contributed by atoms with Crippen LogP contribution in [0.5, 0.6) is 0 Å². The van der Waals surface area contributed by atoms with Crippen LogP contribution in [0.1, 0.15) is 22.6 Å². The molecule has 7 heteroatoms. The first kappa shape index (κ1) is 16.5. The first-order valence-corrected chi connectivity index (χ1v) is 7.25. The largest absolute Gasteiger partial charge is 0.469 e. The molecule has 1 amide bonds. The molecule has 0 saturated carbocycles. The maximum atomic E-state index is 11.9. The molecule has 122 valence electrons. The third-order valence-corrected chi connectivity index (χ3v) is 3.36. The van der Waals surface area contributed by atoms with Gasteiger partial charge < -0.3 is 19.9 Å². The van der Waals surface area contributed by atoms with E-state index in [-0.39, 0.29) is 24.8 Å². The van der Waals surface area contributed by atoms with E-state index in [1.807, 2.05) is 29.9 Å². The van der Waals surface area contributed by atoms with E-state index in [4.69, 9.17) is 0 Å². The molecule has 0 unspecified atom stereocenters. The van der Waals surface area contributed by atoms with Gasteiger partial charge in [-0.1, -0.05) is 0 Å². The van der Waals surface area contributed by atoms with Crippen LogP contribution < -0.4 is 10.6 Å². The predicted octanol–water partition coefficient (Wildman–Crippen LogP) is 1.33. The summed E-state index contributed by atoms with van der Waals surface area (Å²) in [7, 11) is 3.26. The summed E-state index contributed by atoms with van der Waals surface area (Å²) in [6, 6.07) is 7.12. The standard InChI is InChI=1S/C16H20N4O3/c1-20-10-9-17-14(20)11-19-13-5-3-12(4-6-13)16(22)18-8-7-15(21)23-2/h3-6,9-10,19H,7-8,11H2,1-2H3,(H,18,22). The van der Waals surface area contributed by atoms with Crippen LogP contribution in [0.2, 0.25) is 0 Å². The lowest BCUT2D eigenvalue weighted by molar-refractivity contribution is -0.140. The number of methoxy groups -OCH3 is 1. The molecule has 0 fully saturated rings. The van der Waals surface area contributed by atoms with Crippen molar-refractivity contribution in [2.75, 3.05) is 19.0 Å². The first-order chi connectivity index (χ1) is 11.1. The number of nitrogens with one attached hydrogen (secondary N) is 2. The molecule has 7 nitrogen and oxygen atoms in total. The van der Waals surface area contributed by atoms with Crippen molar-refractivity contribution < 1.29 is 14.3 Å². The van der Waals surface area contributed by atoms with Gasteiger partial charge in [-0.15, -0.1) is 0 Å². The third kappa shape index (κ3) is 4.84. The minimum absolute atomic E-state index is 0.158. The molecule has 0 radical (unpaired) electrons. The van der Waals surface area contributed by atoms with Crippen LogP contribution in [-0.4, -0.2) is 35.1 Å². The number of rotatable bonds is 7. The average molecular weight is 316 g/mol. The number of ether oxygens (including phenoxy) is 1. The number of benzene rings is 1. The van der Waals surface area contributed by atoms with E-state index in [1.165, 1.54) is 7.11 Å². The zero-order valence-electron chi connectivity index (χ0n) is 13.2. The Morgan fingerprint density at radius 1 is 1.26 bits per heavy atom. The van der Waals surface area contributed by atoms with E-state index >= 15 is 0 Å². The Morgan fingerprint density at radius 2 is 2.00 bits per heavy atom. The number of aromatic nitrogens is 2.